The molecule has 0 radical (unpaired) electrons. The summed E-state index contributed by atoms with van der Waals surface area (Å²) >= 11 is 0. The first-order valence-corrected chi connectivity index (χ1v) is 3.84. The number of rotatable bonds is 0. The van der Waals surface area contributed by atoms with Crippen LogP contribution in [0.4, 0.5) is 0 Å². The van der Waals surface area contributed by atoms with Crippen LogP contribution >= 0.6 is 0 Å². The predicted molar refractivity (Wildman–Crippen MR) is 56.2 cm³/mol. The molecule has 0 aliphatic carbocycles. The molecule has 80 valence electrons. The standard InChI is InChI=1S/2C4H10N2.Ru/c2*1-4(5-2)6-3;/h2*1-3H3,(H,5,6);. The molecule has 0 fully saturated rings. The predicted octanol–water partition coefficient (Wildman–Crippen LogP) is 0.506. The van der Waals surface area contributed by atoms with E-state index in [2.05, 4.69) is 20.6 Å². The van der Waals surface area contributed by atoms with E-state index in [0.29, 0.717) is 0 Å². The van der Waals surface area contributed by atoms with Gasteiger partial charge in [-0.15, -0.1) is 0 Å². The Morgan fingerprint density at radius 2 is 1.08 bits per heavy atom. The maximum atomic E-state index is 3.81. The normalized spacial score (nSPS) is 10.6. The zero-order valence-corrected chi connectivity index (χ0v) is 11.0. The molecule has 0 saturated carbocycles. The molecule has 0 aromatic heterocycles. The van der Waals surface area contributed by atoms with E-state index in [9.17, 15) is 0 Å². The SMILES string of the molecule is CN=C(C)NC.CN=C(C)NC.[Ru]. The molecule has 0 rings (SSSR count). The van der Waals surface area contributed by atoms with Gasteiger partial charge < -0.3 is 10.6 Å². The topological polar surface area (TPSA) is 48.8 Å². The molecule has 0 aliphatic heterocycles. The summed E-state index contributed by atoms with van der Waals surface area (Å²) in [5.74, 6) is 1.94. The Hall–Kier alpha value is -0.437. The molecule has 0 heterocycles. The van der Waals surface area contributed by atoms with Crippen LogP contribution < -0.4 is 10.6 Å². The number of nitrogens with zero attached hydrogens (tertiary/aromatic N) is 2. The van der Waals surface area contributed by atoms with E-state index in [1.165, 1.54) is 0 Å². The van der Waals surface area contributed by atoms with Crippen molar-refractivity contribution in [3.8, 4) is 0 Å². The summed E-state index contributed by atoms with van der Waals surface area (Å²) in [6, 6.07) is 0. The van der Waals surface area contributed by atoms with Gasteiger partial charge in [-0.1, -0.05) is 0 Å². The smallest absolute Gasteiger partial charge is 0.0925 e. The van der Waals surface area contributed by atoms with Crippen LogP contribution in [0.5, 0.6) is 0 Å². The van der Waals surface area contributed by atoms with Crippen LogP contribution in [-0.2, 0) is 19.5 Å². The van der Waals surface area contributed by atoms with Crippen molar-refractivity contribution in [1.29, 1.82) is 0 Å². The van der Waals surface area contributed by atoms with E-state index < -0.39 is 0 Å². The monoisotopic (exact) mass is 274 g/mol. The molecule has 0 amide bonds. The Bertz CT molecular complexity index is 136. The Morgan fingerprint density at radius 3 is 1.08 bits per heavy atom. The van der Waals surface area contributed by atoms with Crippen molar-refractivity contribution >= 4 is 11.7 Å². The van der Waals surface area contributed by atoms with Crippen molar-refractivity contribution in [3.63, 3.8) is 0 Å². The van der Waals surface area contributed by atoms with Gasteiger partial charge >= 0.3 is 0 Å². The molecule has 0 unspecified atom stereocenters. The van der Waals surface area contributed by atoms with E-state index in [-0.39, 0.29) is 19.5 Å². The fourth-order valence-electron chi connectivity index (χ4n) is 0.224. The fraction of sp³-hybridized carbons (Fsp3) is 0.750. The number of nitrogens with one attached hydrogen (secondary N) is 2. The third kappa shape index (κ3) is 18.5. The molecule has 5 heteroatoms. The van der Waals surface area contributed by atoms with Crippen molar-refractivity contribution in [2.24, 2.45) is 9.98 Å². The zero-order chi connectivity index (χ0) is 9.98. The van der Waals surface area contributed by atoms with E-state index in [4.69, 9.17) is 0 Å². The van der Waals surface area contributed by atoms with Gasteiger partial charge in [0, 0.05) is 47.7 Å². The molecule has 0 aromatic rings. The second kappa shape index (κ2) is 14.1. The van der Waals surface area contributed by atoms with Crippen molar-refractivity contribution in [3.05, 3.63) is 0 Å². The summed E-state index contributed by atoms with van der Waals surface area (Å²) in [5.41, 5.74) is 0. The van der Waals surface area contributed by atoms with Gasteiger partial charge in [0.05, 0.1) is 11.7 Å². The van der Waals surface area contributed by atoms with Crippen LogP contribution in [-0.4, -0.2) is 39.9 Å². The minimum atomic E-state index is 0. The maximum Gasteiger partial charge on any atom is 0.0925 e. The summed E-state index contributed by atoms with van der Waals surface area (Å²) in [7, 11) is 7.21. The maximum absolute atomic E-state index is 3.81. The van der Waals surface area contributed by atoms with Gasteiger partial charge in [-0.05, 0) is 13.8 Å². The van der Waals surface area contributed by atoms with Gasteiger partial charge in [0.25, 0.3) is 0 Å². The number of aliphatic imine (C=N–C) groups is 2. The Labute approximate surface area is 94.1 Å². The van der Waals surface area contributed by atoms with Gasteiger partial charge in [-0.25, -0.2) is 0 Å². The Balaban J connectivity index is -0.000000143. The zero-order valence-electron chi connectivity index (χ0n) is 9.25. The van der Waals surface area contributed by atoms with Gasteiger partial charge in [0.2, 0.25) is 0 Å². The summed E-state index contributed by atoms with van der Waals surface area (Å²) in [6.07, 6.45) is 0. The number of amidine groups is 2. The molecule has 0 saturated heterocycles. The molecule has 0 bridgehead atoms. The quantitative estimate of drug-likeness (QED) is 0.384. The van der Waals surface area contributed by atoms with Crippen LogP contribution in [0.3, 0.4) is 0 Å². The Morgan fingerprint density at radius 1 is 0.846 bits per heavy atom. The Kier molecular flexibility index (Phi) is 19.9. The minimum absolute atomic E-state index is 0. The fourth-order valence-corrected chi connectivity index (χ4v) is 0.224. The molecular formula is C8H20N4Ru. The van der Waals surface area contributed by atoms with Crippen LogP contribution in [0, 0.1) is 0 Å². The van der Waals surface area contributed by atoms with Gasteiger partial charge in [0.1, 0.15) is 0 Å². The molecule has 13 heavy (non-hydrogen) atoms. The first-order valence-electron chi connectivity index (χ1n) is 3.84. The third-order valence-corrected chi connectivity index (χ3v) is 1.39. The van der Waals surface area contributed by atoms with Gasteiger partial charge in [-0.3, -0.25) is 9.98 Å². The average molecular weight is 273 g/mol. The number of hydrogen-bond acceptors (Lipinski definition) is 2. The van der Waals surface area contributed by atoms with Crippen LogP contribution in [0.1, 0.15) is 13.8 Å². The largest absolute Gasteiger partial charge is 0.377 e. The van der Waals surface area contributed by atoms with E-state index in [1.54, 1.807) is 14.1 Å². The van der Waals surface area contributed by atoms with Crippen molar-refractivity contribution in [1.82, 2.24) is 10.6 Å². The third-order valence-electron chi connectivity index (χ3n) is 1.39. The van der Waals surface area contributed by atoms with Crippen molar-refractivity contribution in [2.45, 2.75) is 13.8 Å². The van der Waals surface area contributed by atoms with Gasteiger partial charge in [-0.2, -0.15) is 0 Å². The van der Waals surface area contributed by atoms with Crippen LogP contribution in [0.25, 0.3) is 0 Å². The summed E-state index contributed by atoms with van der Waals surface area (Å²) in [5, 5.41) is 5.73. The summed E-state index contributed by atoms with van der Waals surface area (Å²) < 4.78 is 0. The first-order chi connectivity index (χ1) is 5.62. The van der Waals surface area contributed by atoms with Crippen LogP contribution in [0.2, 0.25) is 0 Å². The van der Waals surface area contributed by atoms with E-state index in [0.717, 1.165) is 11.7 Å². The second-order valence-corrected chi connectivity index (χ2v) is 2.12. The molecule has 0 aromatic carbocycles. The molecule has 4 nitrogen and oxygen atoms in total. The number of hydrogen-bond donors (Lipinski definition) is 2. The average Bonchev–Trinajstić information content (AvgIpc) is 2.16. The van der Waals surface area contributed by atoms with E-state index in [1.807, 2.05) is 27.9 Å². The second-order valence-electron chi connectivity index (χ2n) is 2.12. The van der Waals surface area contributed by atoms with Crippen molar-refractivity contribution in [2.75, 3.05) is 28.2 Å². The van der Waals surface area contributed by atoms with E-state index >= 15 is 0 Å². The summed E-state index contributed by atoms with van der Waals surface area (Å²) in [6.45, 7) is 3.83. The summed E-state index contributed by atoms with van der Waals surface area (Å²) in [4.78, 5) is 7.62. The van der Waals surface area contributed by atoms with Crippen LogP contribution in [0.15, 0.2) is 9.98 Å². The minimum Gasteiger partial charge on any atom is -0.377 e. The molecule has 2 N–H and O–H groups in total. The van der Waals surface area contributed by atoms with Gasteiger partial charge in [0.15, 0.2) is 0 Å². The molecule has 0 aliphatic rings. The molecule has 0 atom stereocenters. The first kappa shape index (κ1) is 18.4. The molecule has 0 spiro atoms. The molecular weight excluding hydrogens is 253 g/mol. The van der Waals surface area contributed by atoms with Crippen molar-refractivity contribution < 1.29 is 19.5 Å².